The molecule has 0 saturated carbocycles. The van der Waals surface area contributed by atoms with Crippen molar-refractivity contribution >= 4 is 11.8 Å². The van der Waals surface area contributed by atoms with Gasteiger partial charge in [-0.1, -0.05) is 0 Å². The van der Waals surface area contributed by atoms with E-state index in [9.17, 15) is 9.59 Å². The van der Waals surface area contributed by atoms with Crippen LogP contribution in [0.1, 0.15) is 58.2 Å². The molecule has 1 aliphatic heterocycles. The zero-order chi connectivity index (χ0) is 20.3. The molecule has 150 valence electrons. The molecule has 1 aromatic heterocycles. The Balaban J connectivity index is 1.62. The highest BCUT2D eigenvalue weighted by Gasteiger charge is 2.29. The van der Waals surface area contributed by atoms with Crippen molar-refractivity contribution in [1.82, 2.24) is 14.8 Å². The minimum absolute atomic E-state index is 0.0218. The maximum absolute atomic E-state index is 12.7. The van der Waals surface area contributed by atoms with Crippen molar-refractivity contribution in [2.75, 3.05) is 33.8 Å². The lowest BCUT2D eigenvalue weighted by atomic mass is 9.96. The third-order valence-electron chi connectivity index (χ3n) is 4.97. The van der Waals surface area contributed by atoms with Gasteiger partial charge in [0.15, 0.2) is 11.6 Å². The molecule has 1 aliphatic rings. The lowest BCUT2D eigenvalue weighted by molar-refractivity contribution is 0.0706. The van der Waals surface area contributed by atoms with Crippen LogP contribution in [0.25, 0.3) is 0 Å². The van der Waals surface area contributed by atoms with Crippen LogP contribution in [0.3, 0.4) is 0 Å². The van der Waals surface area contributed by atoms with E-state index in [1.807, 2.05) is 24.0 Å². The molecule has 0 aliphatic carbocycles. The molecule has 1 aromatic carbocycles. The van der Waals surface area contributed by atoms with E-state index in [0.717, 1.165) is 18.6 Å². The van der Waals surface area contributed by atoms with Gasteiger partial charge in [-0.15, -0.1) is 0 Å². The number of amides is 2. The maximum Gasteiger partial charge on any atom is 0.275 e. The van der Waals surface area contributed by atoms with E-state index in [4.69, 9.17) is 9.15 Å². The van der Waals surface area contributed by atoms with Crippen molar-refractivity contribution in [3.8, 4) is 5.75 Å². The van der Waals surface area contributed by atoms with Crippen molar-refractivity contribution in [1.29, 1.82) is 0 Å². The standard InChI is InChI=1S/C21H27N3O4/c1-5-27-17-8-6-16(7-9-17)20(25)24-12-10-15(11-13-24)19-22-18(14(2)28-19)21(26)23(3)4/h6-9,15H,5,10-13H2,1-4H3. The molecule has 0 unspecified atom stereocenters. The lowest BCUT2D eigenvalue weighted by Gasteiger charge is -2.30. The van der Waals surface area contributed by atoms with Crippen molar-refractivity contribution in [3.63, 3.8) is 0 Å². The number of aromatic nitrogens is 1. The van der Waals surface area contributed by atoms with Gasteiger partial charge in [0.2, 0.25) is 0 Å². The second-order valence-corrected chi connectivity index (χ2v) is 7.18. The summed E-state index contributed by atoms with van der Waals surface area (Å²) in [6.07, 6.45) is 1.52. The molecule has 2 aromatic rings. The van der Waals surface area contributed by atoms with Crippen LogP contribution in [0.5, 0.6) is 5.75 Å². The van der Waals surface area contributed by atoms with E-state index in [-0.39, 0.29) is 17.7 Å². The highest BCUT2D eigenvalue weighted by molar-refractivity contribution is 5.94. The number of aryl methyl sites for hydroxylation is 1. The van der Waals surface area contributed by atoms with Crippen LogP contribution < -0.4 is 4.74 Å². The van der Waals surface area contributed by atoms with Gasteiger partial charge in [0.05, 0.1) is 6.61 Å². The fraction of sp³-hybridized carbons (Fsp3) is 0.476. The molecule has 0 spiro atoms. The van der Waals surface area contributed by atoms with E-state index >= 15 is 0 Å². The quantitative estimate of drug-likeness (QED) is 0.790. The molecular weight excluding hydrogens is 358 g/mol. The number of likely N-dealkylation sites (tertiary alicyclic amines) is 1. The van der Waals surface area contributed by atoms with Crippen LogP contribution in [0.15, 0.2) is 28.7 Å². The molecular formula is C21H27N3O4. The van der Waals surface area contributed by atoms with Crippen molar-refractivity contribution in [2.24, 2.45) is 0 Å². The van der Waals surface area contributed by atoms with Crippen molar-refractivity contribution in [2.45, 2.75) is 32.6 Å². The summed E-state index contributed by atoms with van der Waals surface area (Å²) in [6.45, 7) is 5.56. The highest BCUT2D eigenvalue weighted by Crippen LogP contribution is 2.30. The molecule has 2 heterocycles. The molecule has 0 atom stereocenters. The first-order chi connectivity index (χ1) is 13.4. The number of nitrogens with zero attached hydrogens (tertiary/aromatic N) is 3. The topological polar surface area (TPSA) is 75.9 Å². The van der Waals surface area contributed by atoms with Gasteiger partial charge in [-0.3, -0.25) is 9.59 Å². The first kappa shape index (κ1) is 19.9. The zero-order valence-corrected chi connectivity index (χ0v) is 16.9. The number of carbonyl (C=O) groups excluding carboxylic acids is 2. The number of benzene rings is 1. The molecule has 0 bridgehead atoms. The fourth-order valence-corrected chi connectivity index (χ4v) is 3.37. The van der Waals surface area contributed by atoms with Gasteiger partial charge >= 0.3 is 0 Å². The summed E-state index contributed by atoms with van der Waals surface area (Å²) in [5.41, 5.74) is 1.03. The van der Waals surface area contributed by atoms with E-state index in [0.29, 0.717) is 42.6 Å². The zero-order valence-electron chi connectivity index (χ0n) is 16.9. The Hall–Kier alpha value is -2.83. The van der Waals surface area contributed by atoms with E-state index in [1.54, 1.807) is 33.2 Å². The first-order valence-corrected chi connectivity index (χ1v) is 9.61. The molecule has 28 heavy (non-hydrogen) atoms. The lowest BCUT2D eigenvalue weighted by Crippen LogP contribution is -2.38. The Morgan fingerprint density at radius 2 is 1.86 bits per heavy atom. The number of rotatable bonds is 5. The van der Waals surface area contributed by atoms with Gasteiger partial charge in [0.25, 0.3) is 11.8 Å². The summed E-state index contributed by atoms with van der Waals surface area (Å²) >= 11 is 0. The molecule has 1 fully saturated rings. The van der Waals surface area contributed by atoms with E-state index < -0.39 is 0 Å². The number of hydrogen-bond acceptors (Lipinski definition) is 5. The Bertz CT molecular complexity index is 834. The SMILES string of the molecule is CCOc1ccc(C(=O)N2CCC(c3nc(C(=O)N(C)C)c(C)o3)CC2)cc1. The minimum Gasteiger partial charge on any atom is -0.494 e. The summed E-state index contributed by atoms with van der Waals surface area (Å²) in [7, 11) is 3.39. The van der Waals surface area contributed by atoms with Crippen LogP contribution >= 0.6 is 0 Å². The summed E-state index contributed by atoms with van der Waals surface area (Å²) in [5.74, 6) is 1.88. The minimum atomic E-state index is -0.157. The molecule has 2 amide bonds. The molecule has 7 heteroatoms. The van der Waals surface area contributed by atoms with Gasteiger partial charge < -0.3 is 19.0 Å². The third kappa shape index (κ3) is 4.18. The normalized spacial score (nSPS) is 14.8. The van der Waals surface area contributed by atoms with Gasteiger partial charge in [0, 0.05) is 38.7 Å². The smallest absolute Gasteiger partial charge is 0.275 e. The van der Waals surface area contributed by atoms with Gasteiger partial charge in [-0.05, 0) is 51.0 Å². The Morgan fingerprint density at radius 3 is 2.43 bits per heavy atom. The Labute approximate surface area is 165 Å². The summed E-state index contributed by atoms with van der Waals surface area (Å²) in [6, 6.07) is 7.25. The molecule has 1 saturated heterocycles. The van der Waals surface area contributed by atoms with Gasteiger partial charge in [-0.25, -0.2) is 4.98 Å². The maximum atomic E-state index is 12.7. The van der Waals surface area contributed by atoms with Crippen LogP contribution in [0.4, 0.5) is 0 Å². The number of piperidine rings is 1. The Morgan fingerprint density at radius 1 is 1.21 bits per heavy atom. The fourth-order valence-electron chi connectivity index (χ4n) is 3.37. The largest absolute Gasteiger partial charge is 0.494 e. The van der Waals surface area contributed by atoms with Gasteiger partial charge in [-0.2, -0.15) is 0 Å². The number of oxazole rings is 1. The number of carbonyl (C=O) groups is 2. The molecule has 7 nitrogen and oxygen atoms in total. The highest BCUT2D eigenvalue weighted by atomic mass is 16.5. The van der Waals surface area contributed by atoms with Crippen LogP contribution in [-0.2, 0) is 0 Å². The predicted molar refractivity (Wildman–Crippen MR) is 105 cm³/mol. The molecule has 0 N–H and O–H groups in total. The van der Waals surface area contributed by atoms with Crippen LogP contribution in [0.2, 0.25) is 0 Å². The summed E-state index contributed by atoms with van der Waals surface area (Å²) in [5, 5.41) is 0. The van der Waals surface area contributed by atoms with Crippen LogP contribution in [0, 0.1) is 6.92 Å². The van der Waals surface area contributed by atoms with Crippen LogP contribution in [-0.4, -0.2) is 60.4 Å². The summed E-state index contributed by atoms with van der Waals surface area (Å²) in [4.78, 5) is 32.7. The molecule has 0 radical (unpaired) electrons. The van der Waals surface area contributed by atoms with E-state index in [1.165, 1.54) is 4.90 Å². The van der Waals surface area contributed by atoms with Crippen molar-refractivity contribution in [3.05, 3.63) is 47.2 Å². The second kappa shape index (κ2) is 8.46. The Kier molecular flexibility index (Phi) is 6.02. The molecule has 3 rings (SSSR count). The second-order valence-electron chi connectivity index (χ2n) is 7.18. The summed E-state index contributed by atoms with van der Waals surface area (Å²) < 4.78 is 11.2. The predicted octanol–water partition coefficient (Wildman–Crippen LogP) is 3.10. The monoisotopic (exact) mass is 385 g/mol. The average molecular weight is 385 g/mol. The van der Waals surface area contributed by atoms with Gasteiger partial charge in [0.1, 0.15) is 11.5 Å². The average Bonchev–Trinajstić information content (AvgIpc) is 3.09. The number of ether oxygens (including phenoxy) is 1. The van der Waals surface area contributed by atoms with Crippen molar-refractivity contribution < 1.29 is 18.7 Å². The third-order valence-corrected chi connectivity index (χ3v) is 4.97. The van der Waals surface area contributed by atoms with E-state index in [2.05, 4.69) is 4.98 Å². The first-order valence-electron chi connectivity index (χ1n) is 9.61. The number of hydrogen-bond donors (Lipinski definition) is 0.